The zero-order chi connectivity index (χ0) is 21.8. The molecule has 0 bridgehead atoms. The third-order valence-electron chi connectivity index (χ3n) is 4.23. The van der Waals surface area contributed by atoms with Gasteiger partial charge >= 0.3 is 0 Å². The summed E-state index contributed by atoms with van der Waals surface area (Å²) in [6.07, 6.45) is 1.79. The van der Waals surface area contributed by atoms with Crippen LogP contribution in [0.15, 0.2) is 71.1 Å². The molecule has 0 aliphatic carbocycles. The van der Waals surface area contributed by atoms with Crippen molar-refractivity contribution in [2.24, 2.45) is 0 Å². The minimum absolute atomic E-state index is 0.0613. The standard InChI is InChI=1S/C22H16FN3O2S3/c23-15-11-14(25-22(30)26-19(27)10-13-4-2-1-3-5-13)6-7-17(15)28-18-8-9-24-16-12-20(29)31-21(16)18/h1-9,11-12,29H,10H2,(H2,25,26,27,30). The summed E-state index contributed by atoms with van der Waals surface area (Å²) in [5, 5.41) is 5.49. The highest BCUT2D eigenvalue weighted by Gasteiger charge is 2.12. The average molecular weight is 470 g/mol. The van der Waals surface area contributed by atoms with Crippen molar-refractivity contribution in [3.05, 3.63) is 78.2 Å². The number of rotatable bonds is 5. The van der Waals surface area contributed by atoms with E-state index in [0.717, 1.165) is 20.0 Å². The fourth-order valence-corrected chi connectivity index (χ4v) is 4.31. The van der Waals surface area contributed by atoms with Crippen LogP contribution in [0.2, 0.25) is 0 Å². The molecular weight excluding hydrogens is 453 g/mol. The Bertz CT molecular complexity index is 1260. The molecule has 2 N–H and O–H groups in total. The predicted octanol–water partition coefficient (Wildman–Crippen LogP) is 5.57. The number of ether oxygens (including phenoxy) is 1. The number of thiol groups is 1. The Morgan fingerprint density at radius 2 is 1.94 bits per heavy atom. The maximum absolute atomic E-state index is 14.6. The molecule has 0 saturated carbocycles. The Morgan fingerprint density at radius 3 is 2.71 bits per heavy atom. The van der Waals surface area contributed by atoms with Crippen molar-refractivity contribution in [1.29, 1.82) is 0 Å². The number of fused-ring (bicyclic) bond motifs is 1. The Hall–Kier alpha value is -3.01. The largest absolute Gasteiger partial charge is 0.453 e. The summed E-state index contributed by atoms with van der Waals surface area (Å²) in [7, 11) is 0. The molecule has 2 heterocycles. The molecule has 4 rings (SSSR count). The van der Waals surface area contributed by atoms with E-state index in [1.54, 1.807) is 18.3 Å². The maximum atomic E-state index is 14.6. The van der Waals surface area contributed by atoms with E-state index >= 15 is 0 Å². The highest BCUT2D eigenvalue weighted by atomic mass is 32.2. The number of aromatic nitrogens is 1. The van der Waals surface area contributed by atoms with Crippen molar-refractivity contribution in [2.75, 3.05) is 5.32 Å². The zero-order valence-electron chi connectivity index (χ0n) is 16.0. The van der Waals surface area contributed by atoms with Crippen LogP contribution in [0.25, 0.3) is 10.2 Å². The fourth-order valence-electron chi connectivity index (χ4n) is 2.88. The minimum atomic E-state index is -0.573. The Labute approximate surface area is 192 Å². The summed E-state index contributed by atoms with van der Waals surface area (Å²) in [6, 6.07) is 17.2. The van der Waals surface area contributed by atoms with Gasteiger partial charge in [0.25, 0.3) is 0 Å². The highest BCUT2D eigenvalue weighted by Crippen LogP contribution is 2.37. The van der Waals surface area contributed by atoms with Gasteiger partial charge in [-0.25, -0.2) is 4.39 Å². The van der Waals surface area contributed by atoms with Crippen LogP contribution < -0.4 is 15.4 Å². The van der Waals surface area contributed by atoms with Crippen LogP contribution in [0, 0.1) is 5.82 Å². The first-order valence-electron chi connectivity index (χ1n) is 9.17. The van der Waals surface area contributed by atoms with Crippen molar-refractivity contribution in [3.63, 3.8) is 0 Å². The van der Waals surface area contributed by atoms with Crippen molar-refractivity contribution in [3.8, 4) is 11.5 Å². The molecular formula is C22H16FN3O2S3. The van der Waals surface area contributed by atoms with E-state index in [1.165, 1.54) is 23.5 Å². The van der Waals surface area contributed by atoms with E-state index in [4.69, 9.17) is 17.0 Å². The molecule has 0 spiro atoms. The Kier molecular flexibility index (Phi) is 6.45. The molecule has 156 valence electrons. The number of thiocarbonyl (C=S) groups is 1. The summed E-state index contributed by atoms with van der Waals surface area (Å²) < 4.78 is 22.0. The predicted molar refractivity (Wildman–Crippen MR) is 128 cm³/mol. The van der Waals surface area contributed by atoms with Gasteiger partial charge in [-0.15, -0.1) is 24.0 Å². The monoisotopic (exact) mass is 469 g/mol. The lowest BCUT2D eigenvalue weighted by Crippen LogP contribution is -2.35. The van der Waals surface area contributed by atoms with Crippen LogP contribution in [-0.4, -0.2) is 16.0 Å². The Balaban J connectivity index is 1.40. The number of hydrogen-bond donors (Lipinski definition) is 3. The van der Waals surface area contributed by atoms with E-state index in [-0.39, 0.29) is 23.2 Å². The molecule has 0 fully saturated rings. The van der Waals surface area contributed by atoms with Gasteiger partial charge in [0.05, 0.1) is 20.8 Å². The molecule has 31 heavy (non-hydrogen) atoms. The molecule has 2 aromatic carbocycles. The van der Waals surface area contributed by atoms with Crippen LogP contribution in [0.3, 0.4) is 0 Å². The smallest absolute Gasteiger partial charge is 0.230 e. The summed E-state index contributed by atoms with van der Waals surface area (Å²) in [5.74, 6) is -0.272. The summed E-state index contributed by atoms with van der Waals surface area (Å²) >= 11 is 10.9. The summed E-state index contributed by atoms with van der Waals surface area (Å²) in [4.78, 5) is 16.4. The molecule has 1 amide bonds. The molecule has 5 nitrogen and oxygen atoms in total. The van der Waals surface area contributed by atoms with Gasteiger partial charge in [-0.05, 0) is 36.0 Å². The van der Waals surface area contributed by atoms with E-state index in [2.05, 4.69) is 28.2 Å². The van der Waals surface area contributed by atoms with Crippen molar-refractivity contribution < 1.29 is 13.9 Å². The molecule has 0 unspecified atom stereocenters. The topological polar surface area (TPSA) is 63.2 Å². The first-order chi connectivity index (χ1) is 15.0. The first-order valence-corrected chi connectivity index (χ1v) is 10.8. The van der Waals surface area contributed by atoms with Crippen molar-refractivity contribution in [1.82, 2.24) is 10.3 Å². The number of nitrogens with zero attached hydrogens (tertiary/aromatic N) is 1. The summed E-state index contributed by atoms with van der Waals surface area (Å²) in [5.41, 5.74) is 2.00. The number of hydrogen-bond acceptors (Lipinski definition) is 6. The van der Waals surface area contributed by atoms with Crippen LogP contribution >= 0.6 is 36.2 Å². The first kappa shape index (κ1) is 21.2. The average Bonchev–Trinajstić information content (AvgIpc) is 3.11. The van der Waals surface area contributed by atoms with E-state index < -0.39 is 5.82 Å². The fraction of sp³-hybridized carbons (Fsp3) is 0.0455. The van der Waals surface area contributed by atoms with E-state index in [0.29, 0.717) is 11.4 Å². The number of carbonyl (C=O) groups excluding carboxylic acids is 1. The zero-order valence-corrected chi connectivity index (χ0v) is 18.5. The second-order valence-electron chi connectivity index (χ2n) is 6.52. The van der Waals surface area contributed by atoms with Crippen molar-refractivity contribution in [2.45, 2.75) is 10.6 Å². The summed E-state index contributed by atoms with van der Waals surface area (Å²) in [6.45, 7) is 0. The van der Waals surface area contributed by atoms with Gasteiger partial charge in [0.1, 0.15) is 5.75 Å². The number of nitrogens with one attached hydrogen (secondary N) is 2. The molecule has 9 heteroatoms. The number of carbonyl (C=O) groups is 1. The minimum Gasteiger partial charge on any atom is -0.453 e. The van der Waals surface area contributed by atoms with Gasteiger partial charge in [-0.1, -0.05) is 30.3 Å². The van der Waals surface area contributed by atoms with E-state index in [9.17, 15) is 9.18 Å². The lowest BCUT2D eigenvalue weighted by molar-refractivity contribution is -0.119. The molecule has 0 aliphatic heterocycles. The normalized spacial score (nSPS) is 10.6. The van der Waals surface area contributed by atoms with Gasteiger partial charge < -0.3 is 15.4 Å². The number of benzene rings is 2. The molecule has 0 radical (unpaired) electrons. The van der Waals surface area contributed by atoms with E-state index in [1.807, 2.05) is 36.4 Å². The lowest BCUT2D eigenvalue weighted by atomic mass is 10.1. The van der Waals surface area contributed by atoms with Crippen LogP contribution in [0.5, 0.6) is 11.5 Å². The number of thiophene rings is 1. The molecule has 0 saturated heterocycles. The van der Waals surface area contributed by atoms with Gasteiger partial charge in [-0.2, -0.15) is 0 Å². The number of pyridine rings is 1. The quantitative estimate of drug-likeness (QED) is 0.263. The SMILES string of the molecule is O=C(Cc1ccccc1)NC(=S)Nc1ccc(Oc2ccnc3cc(S)sc23)c(F)c1. The van der Waals surface area contributed by atoms with Crippen molar-refractivity contribution >= 4 is 63.1 Å². The van der Waals surface area contributed by atoms with Gasteiger partial charge in [0.2, 0.25) is 5.91 Å². The van der Waals surface area contributed by atoms with Crippen LogP contribution in [-0.2, 0) is 11.2 Å². The lowest BCUT2D eigenvalue weighted by Gasteiger charge is -2.12. The van der Waals surface area contributed by atoms with Gasteiger partial charge in [-0.3, -0.25) is 9.78 Å². The van der Waals surface area contributed by atoms with Gasteiger partial charge in [0, 0.05) is 24.0 Å². The third kappa shape index (κ3) is 5.38. The van der Waals surface area contributed by atoms with Crippen LogP contribution in [0.1, 0.15) is 5.56 Å². The molecule has 0 aliphatic rings. The van der Waals surface area contributed by atoms with Crippen LogP contribution in [0.4, 0.5) is 10.1 Å². The second-order valence-corrected chi connectivity index (χ2v) is 8.76. The maximum Gasteiger partial charge on any atom is 0.230 e. The molecule has 2 aromatic heterocycles. The second kappa shape index (κ2) is 9.42. The van der Waals surface area contributed by atoms with Gasteiger partial charge in [0.15, 0.2) is 16.7 Å². The molecule has 4 aromatic rings. The number of anilines is 1. The highest BCUT2D eigenvalue weighted by molar-refractivity contribution is 7.83. The molecule has 0 atom stereocenters. The number of amides is 1. The number of halogens is 1. The third-order valence-corrected chi connectivity index (χ3v) is 5.78. The Morgan fingerprint density at radius 1 is 1.13 bits per heavy atom.